The number of thiocarbonyl (C=S) groups is 1. The number of benzene rings is 2. The van der Waals surface area contributed by atoms with E-state index in [0.29, 0.717) is 0 Å². The number of fused-ring (bicyclic) bond motifs is 2. The van der Waals surface area contributed by atoms with Crippen molar-refractivity contribution in [2.45, 2.75) is 18.8 Å². The van der Waals surface area contributed by atoms with E-state index in [4.69, 9.17) is 17.0 Å². The molecule has 0 unspecified atom stereocenters. The highest BCUT2D eigenvalue weighted by Crippen LogP contribution is 2.45. The van der Waals surface area contributed by atoms with Crippen LogP contribution >= 0.6 is 12.2 Å². The van der Waals surface area contributed by atoms with Gasteiger partial charge in [-0.15, -0.1) is 0 Å². The Hall–Kier alpha value is -1.87. The predicted octanol–water partition coefficient (Wildman–Crippen LogP) is 4.35. The van der Waals surface area contributed by atoms with Crippen LogP contribution in [0.5, 0.6) is 11.5 Å². The molecule has 2 aromatic carbocycles. The van der Waals surface area contributed by atoms with E-state index in [1.54, 1.807) is 0 Å². The maximum absolute atomic E-state index is 6.04. The Kier molecular flexibility index (Phi) is 3.15. The fraction of sp³-hybridized carbons (Fsp3) is 0.278. The molecule has 0 bridgehead atoms. The Balaban J connectivity index is 1.83. The number of para-hydroxylation sites is 2. The van der Waals surface area contributed by atoms with Crippen molar-refractivity contribution in [3.05, 3.63) is 59.7 Å². The van der Waals surface area contributed by atoms with Gasteiger partial charge in [-0.25, -0.2) is 0 Å². The first-order valence-electron chi connectivity index (χ1n) is 7.49. The standard InChI is InChI=1S/C18H17NOS/c21-18(19-11-5-6-12-19)17-13-7-1-3-9-15(13)20-16-10-4-2-8-14(16)17/h1-4,7-10,17H,5-6,11-12H2. The Bertz CT molecular complexity index is 646. The average molecular weight is 295 g/mol. The molecular formula is C18H17NOS. The molecule has 0 aliphatic carbocycles. The summed E-state index contributed by atoms with van der Waals surface area (Å²) in [5.41, 5.74) is 2.38. The lowest BCUT2D eigenvalue weighted by atomic mass is 9.87. The molecule has 106 valence electrons. The van der Waals surface area contributed by atoms with Gasteiger partial charge in [0.1, 0.15) is 11.5 Å². The van der Waals surface area contributed by atoms with Crippen molar-refractivity contribution in [1.29, 1.82) is 0 Å². The minimum atomic E-state index is 0.138. The second-order valence-corrected chi connectivity index (χ2v) is 6.06. The van der Waals surface area contributed by atoms with Crippen LogP contribution in [0.4, 0.5) is 0 Å². The molecule has 3 heteroatoms. The highest BCUT2D eigenvalue weighted by molar-refractivity contribution is 7.80. The summed E-state index contributed by atoms with van der Waals surface area (Å²) in [6, 6.07) is 16.5. The van der Waals surface area contributed by atoms with Gasteiger partial charge in [0.2, 0.25) is 0 Å². The summed E-state index contributed by atoms with van der Waals surface area (Å²) in [7, 11) is 0. The summed E-state index contributed by atoms with van der Waals surface area (Å²) >= 11 is 5.86. The molecule has 0 N–H and O–H groups in total. The molecule has 0 spiro atoms. The molecule has 0 radical (unpaired) electrons. The largest absolute Gasteiger partial charge is 0.457 e. The van der Waals surface area contributed by atoms with Gasteiger partial charge in [0.05, 0.1) is 10.9 Å². The minimum absolute atomic E-state index is 0.138. The number of hydrogen-bond donors (Lipinski definition) is 0. The Morgan fingerprint density at radius 1 is 0.905 bits per heavy atom. The molecule has 21 heavy (non-hydrogen) atoms. The van der Waals surface area contributed by atoms with Crippen LogP contribution in [-0.4, -0.2) is 23.0 Å². The van der Waals surface area contributed by atoms with Gasteiger partial charge >= 0.3 is 0 Å². The predicted molar refractivity (Wildman–Crippen MR) is 88.2 cm³/mol. The SMILES string of the molecule is S=C(C1c2ccccc2Oc2ccccc21)N1CCCC1. The lowest BCUT2D eigenvalue weighted by molar-refractivity contribution is 0.448. The second kappa shape index (κ2) is 5.15. The van der Waals surface area contributed by atoms with E-state index in [2.05, 4.69) is 29.2 Å². The summed E-state index contributed by atoms with van der Waals surface area (Å²) in [6.45, 7) is 2.17. The van der Waals surface area contributed by atoms with E-state index in [-0.39, 0.29) is 5.92 Å². The fourth-order valence-electron chi connectivity index (χ4n) is 3.30. The summed E-state index contributed by atoms with van der Waals surface area (Å²) in [5.74, 6) is 2.00. The second-order valence-electron chi connectivity index (χ2n) is 5.64. The number of nitrogens with zero attached hydrogens (tertiary/aromatic N) is 1. The molecule has 2 aliphatic rings. The molecular weight excluding hydrogens is 278 g/mol. The van der Waals surface area contributed by atoms with E-state index >= 15 is 0 Å². The number of likely N-dealkylation sites (tertiary alicyclic amines) is 1. The van der Waals surface area contributed by atoms with Gasteiger partial charge < -0.3 is 9.64 Å². The molecule has 2 aliphatic heterocycles. The highest BCUT2D eigenvalue weighted by atomic mass is 32.1. The molecule has 0 saturated carbocycles. The highest BCUT2D eigenvalue weighted by Gasteiger charge is 2.32. The van der Waals surface area contributed by atoms with Crippen LogP contribution in [0.3, 0.4) is 0 Å². The smallest absolute Gasteiger partial charge is 0.131 e. The number of hydrogen-bond acceptors (Lipinski definition) is 2. The van der Waals surface area contributed by atoms with Crippen LogP contribution in [-0.2, 0) is 0 Å². The maximum Gasteiger partial charge on any atom is 0.131 e. The summed E-state index contributed by atoms with van der Waals surface area (Å²) in [6.07, 6.45) is 2.49. The molecule has 1 saturated heterocycles. The Morgan fingerprint density at radius 3 is 2.00 bits per heavy atom. The molecule has 2 heterocycles. The lowest BCUT2D eigenvalue weighted by Gasteiger charge is -2.32. The van der Waals surface area contributed by atoms with Crippen LogP contribution in [0, 0.1) is 0 Å². The monoisotopic (exact) mass is 295 g/mol. The molecule has 0 atom stereocenters. The fourth-order valence-corrected chi connectivity index (χ4v) is 3.73. The van der Waals surface area contributed by atoms with E-state index in [9.17, 15) is 0 Å². The van der Waals surface area contributed by atoms with Crippen molar-refractivity contribution in [3.8, 4) is 11.5 Å². The first-order valence-corrected chi connectivity index (χ1v) is 7.90. The summed E-state index contributed by atoms with van der Waals surface area (Å²) in [4.78, 5) is 3.40. The zero-order valence-corrected chi connectivity index (χ0v) is 12.6. The van der Waals surface area contributed by atoms with Gasteiger partial charge in [-0.3, -0.25) is 0 Å². The summed E-state index contributed by atoms with van der Waals surface area (Å²) in [5, 5.41) is 0. The first-order chi connectivity index (χ1) is 10.3. The van der Waals surface area contributed by atoms with Crippen LogP contribution in [0.1, 0.15) is 29.9 Å². The number of ether oxygens (including phenoxy) is 1. The third kappa shape index (κ3) is 2.12. The van der Waals surface area contributed by atoms with E-state index in [1.807, 2.05) is 24.3 Å². The maximum atomic E-state index is 6.04. The summed E-state index contributed by atoms with van der Waals surface area (Å²) < 4.78 is 6.04. The van der Waals surface area contributed by atoms with Gasteiger partial charge in [-0.2, -0.15) is 0 Å². The third-order valence-corrected chi connectivity index (χ3v) is 4.84. The van der Waals surface area contributed by atoms with Crippen molar-refractivity contribution in [2.24, 2.45) is 0 Å². The van der Waals surface area contributed by atoms with Crippen LogP contribution in [0.25, 0.3) is 0 Å². The first kappa shape index (κ1) is 12.8. The molecule has 2 aromatic rings. The van der Waals surface area contributed by atoms with Crippen LogP contribution in [0.15, 0.2) is 48.5 Å². The van der Waals surface area contributed by atoms with E-state index < -0.39 is 0 Å². The zero-order valence-electron chi connectivity index (χ0n) is 11.8. The third-order valence-electron chi connectivity index (χ3n) is 4.34. The topological polar surface area (TPSA) is 12.5 Å². The van der Waals surface area contributed by atoms with Gasteiger partial charge in [-0.05, 0) is 25.0 Å². The Labute approximate surface area is 130 Å². The minimum Gasteiger partial charge on any atom is -0.457 e. The van der Waals surface area contributed by atoms with Crippen molar-refractivity contribution >= 4 is 17.2 Å². The Morgan fingerprint density at radius 2 is 1.43 bits per heavy atom. The average Bonchev–Trinajstić information content (AvgIpc) is 3.06. The van der Waals surface area contributed by atoms with Crippen molar-refractivity contribution in [1.82, 2.24) is 4.90 Å². The lowest BCUT2D eigenvalue weighted by Crippen LogP contribution is -2.32. The van der Waals surface area contributed by atoms with Crippen molar-refractivity contribution < 1.29 is 4.74 Å². The molecule has 4 rings (SSSR count). The quantitative estimate of drug-likeness (QED) is 0.726. The molecule has 0 aromatic heterocycles. The van der Waals surface area contributed by atoms with Crippen molar-refractivity contribution in [3.63, 3.8) is 0 Å². The number of rotatable bonds is 1. The molecule has 0 amide bonds. The van der Waals surface area contributed by atoms with Crippen LogP contribution in [0.2, 0.25) is 0 Å². The zero-order chi connectivity index (χ0) is 14.2. The normalized spacial score (nSPS) is 17.0. The van der Waals surface area contributed by atoms with E-state index in [0.717, 1.165) is 29.6 Å². The van der Waals surface area contributed by atoms with Gasteiger partial charge in [0, 0.05) is 24.2 Å². The molecule has 2 nitrogen and oxygen atoms in total. The van der Waals surface area contributed by atoms with Crippen LogP contribution < -0.4 is 4.74 Å². The van der Waals surface area contributed by atoms with Gasteiger partial charge in [0.25, 0.3) is 0 Å². The van der Waals surface area contributed by atoms with Crippen molar-refractivity contribution in [2.75, 3.05) is 13.1 Å². The van der Waals surface area contributed by atoms with Gasteiger partial charge in [0.15, 0.2) is 0 Å². The molecule has 1 fully saturated rings. The van der Waals surface area contributed by atoms with E-state index in [1.165, 1.54) is 24.0 Å². The van der Waals surface area contributed by atoms with Gasteiger partial charge in [-0.1, -0.05) is 48.6 Å².